The number of nitrogens with two attached hydrogens (primary N) is 1. The highest BCUT2D eigenvalue weighted by Gasteiger charge is 2.24. The van der Waals surface area contributed by atoms with Crippen molar-refractivity contribution >= 4 is 27.2 Å². The van der Waals surface area contributed by atoms with Gasteiger partial charge in [0.1, 0.15) is 10.7 Å². The number of likely N-dealkylation sites (N-methyl/N-ethyl adjacent to an activating group) is 1. The van der Waals surface area contributed by atoms with Crippen molar-refractivity contribution in [1.29, 1.82) is 0 Å². The van der Waals surface area contributed by atoms with Crippen molar-refractivity contribution in [2.75, 3.05) is 13.6 Å². The number of hydrogen-bond donors (Lipinski definition) is 1. The first kappa shape index (κ1) is 13.0. The number of rotatable bonds is 4. The molecular weight excluding hydrogens is 251 g/mol. The number of benzene rings is 1. The van der Waals surface area contributed by atoms with Crippen molar-refractivity contribution in [2.45, 2.75) is 4.90 Å². The third-order valence-electron chi connectivity index (χ3n) is 1.90. The van der Waals surface area contributed by atoms with Crippen LogP contribution in [0.4, 0.5) is 4.39 Å². The van der Waals surface area contributed by atoms with E-state index in [1.54, 1.807) is 0 Å². The van der Waals surface area contributed by atoms with Crippen LogP contribution in [0.5, 0.6) is 0 Å². The predicted molar refractivity (Wildman–Crippen MR) is 63.0 cm³/mol. The summed E-state index contributed by atoms with van der Waals surface area (Å²) in [4.78, 5) is -0.351. The Morgan fingerprint density at radius 1 is 1.50 bits per heavy atom. The molecule has 0 unspecified atom stereocenters. The van der Waals surface area contributed by atoms with Crippen LogP contribution >= 0.6 is 12.2 Å². The Kier molecular flexibility index (Phi) is 3.95. The third-order valence-corrected chi connectivity index (χ3v) is 3.87. The van der Waals surface area contributed by atoms with Crippen LogP contribution < -0.4 is 5.73 Å². The van der Waals surface area contributed by atoms with Gasteiger partial charge in [-0.2, -0.15) is 4.31 Å². The highest BCUT2D eigenvalue weighted by molar-refractivity contribution is 7.89. The number of nitrogens with zero attached hydrogens (tertiary/aromatic N) is 1. The van der Waals surface area contributed by atoms with Crippen molar-refractivity contribution in [3.63, 3.8) is 0 Å². The van der Waals surface area contributed by atoms with E-state index >= 15 is 0 Å². The van der Waals surface area contributed by atoms with Gasteiger partial charge in [0.2, 0.25) is 10.0 Å². The Balaban J connectivity index is 3.12. The van der Waals surface area contributed by atoms with E-state index in [0.717, 1.165) is 10.4 Å². The minimum absolute atomic E-state index is 0.0300. The molecule has 0 atom stereocenters. The quantitative estimate of drug-likeness (QED) is 0.813. The summed E-state index contributed by atoms with van der Waals surface area (Å²) in [5.74, 6) is -0.794. The number of sulfonamides is 1. The molecule has 0 radical (unpaired) electrons. The molecule has 0 heterocycles. The van der Waals surface area contributed by atoms with Gasteiger partial charge in [-0.25, -0.2) is 12.8 Å². The van der Waals surface area contributed by atoms with E-state index in [-0.39, 0.29) is 16.4 Å². The fourth-order valence-electron chi connectivity index (χ4n) is 1.13. The molecule has 16 heavy (non-hydrogen) atoms. The highest BCUT2D eigenvalue weighted by Crippen LogP contribution is 2.17. The maximum atomic E-state index is 13.3. The molecule has 0 aliphatic carbocycles. The van der Waals surface area contributed by atoms with E-state index in [1.807, 2.05) is 0 Å². The monoisotopic (exact) mass is 262 g/mol. The summed E-state index contributed by atoms with van der Waals surface area (Å²) in [6.07, 6.45) is 0. The van der Waals surface area contributed by atoms with E-state index in [4.69, 9.17) is 5.73 Å². The molecule has 0 saturated carbocycles. The molecule has 1 aromatic rings. The Morgan fingerprint density at radius 2 is 2.06 bits per heavy atom. The molecule has 1 aromatic carbocycles. The van der Waals surface area contributed by atoms with Gasteiger partial charge in [0.05, 0.1) is 11.5 Å². The first-order valence-electron chi connectivity index (χ1n) is 4.35. The zero-order valence-corrected chi connectivity index (χ0v) is 10.2. The van der Waals surface area contributed by atoms with Gasteiger partial charge >= 0.3 is 0 Å². The van der Waals surface area contributed by atoms with Gasteiger partial charge in [-0.05, 0) is 12.1 Å². The lowest BCUT2D eigenvalue weighted by atomic mass is 10.4. The average molecular weight is 262 g/mol. The van der Waals surface area contributed by atoms with Crippen LogP contribution in [0.1, 0.15) is 0 Å². The van der Waals surface area contributed by atoms with Crippen molar-refractivity contribution in [3.05, 3.63) is 30.1 Å². The lowest BCUT2D eigenvalue weighted by Gasteiger charge is -2.16. The van der Waals surface area contributed by atoms with Crippen LogP contribution in [0.2, 0.25) is 0 Å². The van der Waals surface area contributed by atoms with Gasteiger partial charge in [0.15, 0.2) is 0 Å². The summed E-state index contributed by atoms with van der Waals surface area (Å²) in [6, 6.07) is 5.15. The van der Waals surface area contributed by atoms with Gasteiger partial charge in [-0.1, -0.05) is 24.4 Å². The Bertz CT molecular complexity index is 502. The molecule has 2 N–H and O–H groups in total. The summed E-state index contributed by atoms with van der Waals surface area (Å²) in [6.45, 7) is -0.119. The SMILES string of the molecule is CN(CC(N)=S)S(=O)(=O)c1ccccc1F. The number of hydrogen-bond acceptors (Lipinski definition) is 3. The molecule has 7 heteroatoms. The zero-order chi connectivity index (χ0) is 12.3. The number of thiocarbonyl (C=S) groups is 1. The summed E-state index contributed by atoms with van der Waals surface area (Å²) >= 11 is 4.60. The first-order chi connectivity index (χ1) is 7.35. The minimum Gasteiger partial charge on any atom is -0.392 e. The molecule has 0 aromatic heterocycles. The van der Waals surface area contributed by atoms with Gasteiger partial charge in [-0.15, -0.1) is 0 Å². The van der Waals surface area contributed by atoms with E-state index in [2.05, 4.69) is 12.2 Å². The second kappa shape index (κ2) is 4.86. The lowest BCUT2D eigenvalue weighted by Crippen LogP contribution is -2.34. The molecule has 4 nitrogen and oxygen atoms in total. The molecule has 0 fully saturated rings. The molecular formula is C9H11FN2O2S2. The van der Waals surface area contributed by atoms with Crippen LogP contribution in [0, 0.1) is 5.82 Å². The van der Waals surface area contributed by atoms with Gasteiger partial charge in [0, 0.05) is 7.05 Å². The maximum absolute atomic E-state index is 13.3. The number of halogens is 1. The van der Waals surface area contributed by atoms with Crippen LogP contribution in [-0.4, -0.2) is 31.3 Å². The predicted octanol–water partition coefficient (Wildman–Crippen LogP) is 0.732. The largest absolute Gasteiger partial charge is 0.392 e. The smallest absolute Gasteiger partial charge is 0.246 e. The van der Waals surface area contributed by atoms with Crippen LogP contribution in [-0.2, 0) is 10.0 Å². The lowest BCUT2D eigenvalue weighted by molar-refractivity contribution is 0.495. The standard InChI is InChI=1S/C9H11FN2O2S2/c1-12(6-9(11)15)16(13,14)8-5-3-2-4-7(8)10/h2-5H,6H2,1H3,(H2,11,15). The van der Waals surface area contributed by atoms with Gasteiger partial charge < -0.3 is 5.73 Å². The van der Waals surface area contributed by atoms with Crippen molar-refractivity contribution in [3.8, 4) is 0 Å². The van der Waals surface area contributed by atoms with E-state index < -0.39 is 15.8 Å². The van der Waals surface area contributed by atoms with Crippen LogP contribution in [0.3, 0.4) is 0 Å². The Morgan fingerprint density at radius 3 is 2.56 bits per heavy atom. The first-order valence-corrected chi connectivity index (χ1v) is 6.19. The van der Waals surface area contributed by atoms with Crippen molar-refractivity contribution in [1.82, 2.24) is 4.31 Å². The maximum Gasteiger partial charge on any atom is 0.246 e. The molecule has 1 rings (SSSR count). The van der Waals surface area contributed by atoms with Crippen molar-refractivity contribution in [2.24, 2.45) is 5.73 Å². The Hall–Kier alpha value is -1.05. The normalized spacial score (nSPS) is 11.7. The fraction of sp³-hybridized carbons (Fsp3) is 0.222. The molecule has 88 valence electrons. The van der Waals surface area contributed by atoms with E-state index in [1.165, 1.54) is 25.2 Å². The fourth-order valence-corrected chi connectivity index (χ4v) is 2.61. The second-order valence-electron chi connectivity index (χ2n) is 3.16. The zero-order valence-electron chi connectivity index (χ0n) is 8.55. The van der Waals surface area contributed by atoms with Gasteiger partial charge in [-0.3, -0.25) is 0 Å². The summed E-state index contributed by atoms with van der Waals surface area (Å²) in [7, 11) is -2.58. The minimum atomic E-state index is -3.87. The second-order valence-corrected chi connectivity index (χ2v) is 5.70. The topological polar surface area (TPSA) is 63.4 Å². The summed E-state index contributed by atoms with van der Waals surface area (Å²) in [5, 5.41) is 0. The molecule has 0 bridgehead atoms. The molecule has 0 amide bonds. The Labute approximate surface area is 98.9 Å². The molecule has 0 aliphatic heterocycles. The highest BCUT2D eigenvalue weighted by atomic mass is 32.2. The average Bonchev–Trinajstić information content (AvgIpc) is 2.16. The summed E-state index contributed by atoms with van der Waals surface area (Å²) < 4.78 is 37.9. The third kappa shape index (κ3) is 2.75. The van der Waals surface area contributed by atoms with E-state index in [9.17, 15) is 12.8 Å². The summed E-state index contributed by atoms with van der Waals surface area (Å²) in [5.41, 5.74) is 5.24. The van der Waals surface area contributed by atoms with Gasteiger partial charge in [0.25, 0.3) is 0 Å². The molecule has 0 aliphatic rings. The van der Waals surface area contributed by atoms with Crippen molar-refractivity contribution < 1.29 is 12.8 Å². The molecule has 0 spiro atoms. The molecule has 0 saturated heterocycles. The van der Waals surface area contributed by atoms with Crippen LogP contribution in [0.25, 0.3) is 0 Å². The van der Waals surface area contributed by atoms with E-state index in [0.29, 0.717) is 0 Å². The van der Waals surface area contributed by atoms with Crippen LogP contribution in [0.15, 0.2) is 29.2 Å².